The highest BCUT2D eigenvalue weighted by atomic mass is 35.5. The first-order valence-corrected chi connectivity index (χ1v) is 7.65. The first-order chi connectivity index (χ1) is 10.5. The van der Waals surface area contributed by atoms with Crippen molar-refractivity contribution in [2.24, 2.45) is 0 Å². The Morgan fingerprint density at radius 1 is 1.32 bits per heavy atom. The summed E-state index contributed by atoms with van der Waals surface area (Å²) in [5, 5.41) is 15.9. The van der Waals surface area contributed by atoms with Crippen molar-refractivity contribution < 1.29 is 14.7 Å². The minimum atomic E-state index is -1.01. The second-order valence-corrected chi connectivity index (χ2v) is 5.86. The van der Waals surface area contributed by atoms with Crippen molar-refractivity contribution in [2.75, 3.05) is 31.5 Å². The summed E-state index contributed by atoms with van der Waals surface area (Å²) in [5.41, 5.74) is 0.378. The summed E-state index contributed by atoms with van der Waals surface area (Å²) in [4.78, 5) is 25.3. The Kier molecular flexibility index (Phi) is 6.02. The van der Waals surface area contributed by atoms with Crippen molar-refractivity contribution in [3.8, 4) is 0 Å². The van der Waals surface area contributed by atoms with Gasteiger partial charge in [-0.25, -0.2) is 0 Å². The summed E-state index contributed by atoms with van der Waals surface area (Å²) < 4.78 is 0. The third-order valence-electron chi connectivity index (χ3n) is 3.46. The minimum absolute atomic E-state index is 0.141. The Hall–Kier alpha value is -1.34. The zero-order valence-electron chi connectivity index (χ0n) is 11.8. The smallest absolute Gasteiger partial charge is 0.321 e. The van der Waals surface area contributed by atoms with E-state index in [-0.39, 0.29) is 6.42 Å². The topological polar surface area (TPSA) is 81.7 Å². The lowest BCUT2D eigenvalue weighted by atomic mass is 10.1. The van der Waals surface area contributed by atoms with Gasteiger partial charge in [-0.15, -0.1) is 0 Å². The molecule has 1 fully saturated rings. The van der Waals surface area contributed by atoms with Gasteiger partial charge in [-0.3, -0.25) is 14.5 Å². The van der Waals surface area contributed by atoms with E-state index < -0.39 is 17.9 Å². The molecule has 1 heterocycles. The fraction of sp³-hybridized carbons (Fsp3) is 0.429. The molecule has 1 aromatic carbocycles. The van der Waals surface area contributed by atoms with E-state index in [2.05, 4.69) is 10.6 Å². The van der Waals surface area contributed by atoms with Gasteiger partial charge >= 0.3 is 5.97 Å². The Balaban J connectivity index is 2.01. The SMILES string of the molecule is O=C(C[C@H](C(=O)O)N1CCNCC1)Nc1cc(Cl)ccc1Cl. The number of amides is 1. The Bertz CT molecular complexity index is 562. The maximum atomic E-state index is 12.1. The van der Waals surface area contributed by atoms with Gasteiger partial charge in [-0.2, -0.15) is 0 Å². The highest BCUT2D eigenvalue weighted by molar-refractivity contribution is 6.35. The van der Waals surface area contributed by atoms with Crippen LogP contribution >= 0.6 is 23.2 Å². The van der Waals surface area contributed by atoms with Gasteiger partial charge in [0.05, 0.1) is 17.1 Å². The molecule has 3 N–H and O–H groups in total. The molecule has 6 nitrogen and oxygen atoms in total. The van der Waals surface area contributed by atoms with Crippen LogP contribution in [0.3, 0.4) is 0 Å². The van der Waals surface area contributed by atoms with E-state index in [0.717, 1.165) is 0 Å². The molecule has 0 unspecified atom stereocenters. The molecule has 1 atom stereocenters. The lowest BCUT2D eigenvalue weighted by Crippen LogP contribution is -2.52. The molecule has 1 amide bonds. The summed E-state index contributed by atoms with van der Waals surface area (Å²) in [5.74, 6) is -1.41. The molecule has 8 heteroatoms. The van der Waals surface area contributed by atoms with Crippen molar-refractivity contribution in [3.05, 3.63) is 28.2 Å². The summed E-state index contributed by atoms with van der Waals surface area (Å²) in [7, 11) is 0. The average molecular weight is 346 g/mol. The highest BCUT2D eigenvalue weighted by Gasteiger charge is 2.29. The molecule has 2 rings (SSSR count). The fourth-order valence-corrected chi connectivity index (χ4v) is 2.67. The van der Waals surface area contributed by atoms with Gasteiger partial charge in [-0.05, 0) is 18.2 Å². The number of carbonyl (C=O) groups is 2. The van der Waals surface area contributed by atoms with Gasteiger partial charge in [0.2, 0.25) is 5.91 Å². The summed E-state index contributed by atoms with van der Waals surface area (Å²) in [6.45, 7) is 2.63. The van der Waals surface area contributed by atoms with Crippen LogP contribution in [0.15, 0.2) is 18.2 Å². The molecule has 22 heavy (non-hydrogen) atoms. The summed E-state index contributed by atoms with van der Waals surface area (Å²) in [6, 6.07) is 3.87. The van der Waals surface area contributed by atoms with Crippen molar-refractivity contribution >= 4 is 40.8 Å². The van der Waals surface area contributed by atoms with Crippen LogP contribution in [0.2, 0.25) is 10.0 Å². The van der Waals surface area contributed by atoms with Crippen LogP contribution in [0.4, 0.5) is 5.69 Å². The lowest BCUT2D eigenvalue weighted by Gasteiger charge is -2.32. The maximum absolute atomic E-state index is 12.1. The van der Waals surface area contributed by atoms with Gasteiger partial charge in [0.1, 0.15) is 6.04 Å². The van der Waals surface area contributed by atoms with E-state index in [1.165, 1.54) is 6.07 Å². The molecule has 1 saturated heterocycles. The average Bonchev–Trinajstić information content (AvgIpc) is 2.49. The van der Waals surface area contributed by atoms with Gasteiger partial charge in [0.25, 0.3) is 0 Å². The van der Waals surface area contributed by atoms with Crippen LogP contribution in [0.1, 0.15) is 6.42 Å². The molecule has 0 saturated carbocycles. The molecule has 0 spiro atoms. The van der Waals surface area contributed by atoms with Crippen molar-refractivity contribution in [1.29, 1.82) is 0 Å². The largest absolute Gasteiger partial charge is 0.480 e. The number of carboxylic acid groups (broad SMARTS) is 1. The summed E-state index contributed by atoms with van der Waals surface area (Å²) >= 11 is 11.8. The molecule has 0 radical (unpaired) electrons. The molecular formula is C14H17Cl2N3O3. The number of nitrogens with one attached hydrogen (secondary N) is 2. The third kappa shape index (κ3) is 4.58. The zero-order chi connectivity index (χ0) is 16.1. The van der Waals surface area contributed by atoms with Crippen molar-refractivity contribution in [1.82, 2.24) is 10.2 Å². The number of benzene rings is 1. The van der Waals surface area contributed by atoms with Gasteiger partial charge < -0.3 is 15.7 Å². The maximum Gasteiger partial charge on any atom is 0.321 e. The molecule has 120 valence electrons. The van der Waals surface area contributed by atoms with Gasteiger partial charge in [0, 0.05) is 31.2 Å². The predicted molar refractivity (Wildman–Crippen MR) is 85.6 cm³/mol. The Labute approximate surface area is 138 Å². The van der Waals surface area contributed by atoms with Crippen LogP contribution in [0, 0.1) is 0 Å². The Morgan fingerprint density at radius 3 is 2.64 bits per heavy atom. The van der Waals surface area contributed by atoms with E-state index in [4.69, 9.17) is 23.2 Å². The molecule has 0 aromatic heterocycles. The van der Waals surface area contributed by atoms with Crippen LogP contribution < -0.4 is 10.6 Å². The number of carboxylic acids is 1. The normalized spacial score (nSPS) is 17.0. The molecule has 0 bridgehead atoms. The van der Waals surface area contributed by atoms with Crippen LogP contribution in [0.5, 0.6) is 0 Å². The Morgan fingerprint density at radius 2 is 2.00 bits per heavy atom. The van der Waals surface area contributed by atoms with E-state index in [1.807, 2.05) is 0 Å². The lowest BCUT2D eigenvalue weighted by molar-refractivity contribution is -0.145. The predicted octanol–water partition coefficient (Wildman–Crippen LogP) is 1.68. The quantitative estimate of drug-likeness (QED) is 0.756. The number of nitrogens with zero attached hydrogens (tertiary/aromatic N) is 1. The van der Waals surface area contributed by atoms with E-state index in [0.29, 0.717) is 41.9 Å². The monoisotopic (exact) mass is 345 g/mol. The number of piperazine rings is 1. The number of halogens is 2. The second-order valence-electron chi connectivity index (χ2n) is 5.02. The molecule has 1 aliphatic rings. The molecule has 0 aliphatic carbocycles. The number of rotatable bonds is 5. The zero-order valence-corrected chi connectivity index (χ0v) is 13.3. The van der Waals surface area contributed by atoms with Gasteiger partial charge in [0.15, 0.2) is 0 Å². The van der Waals surface area contributed by atoms with Gasteiger partial charge in [-0.1, -0.05) is 23.2 Å². The number of hydrogen-bond acceptors (Lipinski definition) is 4. The van der Waals surface area contributed by atoms with E-state index in [9.17, 15) is 14.7 Å². The number of aliphatic carboxylic acids is 1. The van der Waals surface area contributed by atoms with E-state index in [1.54, 1.807) is 17.0 Å². The summed E-state index contributed by atoms with van der Waals surface area (Å²) in [6.07, 6.45) is -0.141. The minimum Gasteiger partial charge on any atom is -0.480 e. The molecule has 1 aromatic rings. The number of anilines is 1. The highest BCUT2D eigenvalue weighted by Crippen LogP contribution is 2.25. The van der Waals surface area contributed by atoms with Crippen LogP contribution in [-0.4, -0.2) is 54.1 Å². The first kappa shape index (κ1) is 17.0. The number of carbonyl (C=O) groups excluding carboxylic acids is 1. The van der Waals surface area contributed by atoms with Crippen molar-refractivity contribution in [2.45, 2.75) is 12.5 Å². The molecular weight excluding hydrogens is 329 g/mol. The second kappa shape index (κ2) is 7.78. The first-order valence-electron chi connectivity index (χ1n) is 6.90. The molecule has 1 aliphatic heterocycles. The van der Waals surface area contributed by atoms with E-state index >= 15 is 0 Å². The fourth-order valence-electron chi connectivity index (χ4n) is 2.34. The standard InChI is InChI=1S/C14H17Cl2N3O3/c15-9-1-2-10(16)11(7-9)18-13(20)8-12(14(21)22)19-5-3-17-4-6-19/h1-2,7,12,17H,3-6,8H2,(H,18,20)(H,21,22)/t12-/m1/s1. The number of hydrogen-bond donors (Lipinski definition) is 3. The van der Waals surface area contributed by atoms with Crippen molar-refractivity contribution in [3.63, 3.8) is 0 Å². The van der Waals surface area contributed by atoms with Crippen LogP contribution in [0.25, 0.3) is 0 Å². The third-order valence-corrected chi connectivity index (χ3v) is 4.02. The van der Waals surface area contributed by atoms with Crippen LogP contribution in [-0.2, 0) is 9.59 Å².